The highest BCUT2D eigenvalue weighted by Gasteiger charge is 2.67. The number of benzene rings is 8. The molecule has 3 aliphatic carbocycles. The number of carbonyl (C=O) groups is 7. The van der Waals surface area contributed by atoms with Crippen LogP contribution in [0.4, 0.5) is 0 Å². The summed E-state index contributed by atoms with van der Waals surface area (Å²) in [5.41, 5.74) is 3.33. The number of hydrogen-bond acceptors (Lipinski definition) is 18. The first-order valence-corrected chi connectivity index (χ1v) is 35.2. The van der Waals surface area contributed by atoms with E-state index in [0.29, 0.717) is 64.8 Å². The Labute approximate surface area is 640 Å². The third kappa shape index (κ3) is 26.9. The van der Waals surface area contributed by atoms with Crippen molar-refractivity contribution in [3.63, 3.8) is 0 Å². The molecule has 7 atom stereocenters. The summed E-state index contributed by atoms with van der Waals surface area (Å²) in [5.74, 6) is -2.09. The summed E-state index contributed by atoms with van der Waals surface area (Å²) in [5, 5.41) is 27.5. The molecule has 0 heterocycles. The molecule has 3 N–H and O–H groups in total. The van der Waals surface area contributed by atoms with Gasteiger partial charge in [0.25, 0.3) is 0 Å². The normalized spacial score (nSPS) is 18.4. The van der Waals surface area contributed by atoms with Crippen LogP contribution in [0.15, 0.2) is 217 Å². The van der Waals surface area contributed by atoms with Crippen LogP contribution in [-0.4, -0.2) is 105 Å². The fraction of sp³-hybridized carbons (Fsp3) is 0.360. The Bertz CT molecular complexity index is 4120. The Balaban J connectivity index is 0.000000288. The average Bonchev–Trinajstić information content (AvgIpc) is 1.60. The van der Waals surface area contributed by atoms with Crippen molar-refractivity contribution in [3.05, 3.63) is 256 Å². The van der Waals surface area contributed by atoms with Crippen molar-refractivity contribution in [2.75, 3.05) is 28.4 Å². The van der Waals surface area contributed by atoms with Crippen molar-refractivity contribution in [2.45, 2.75) is 132 Å². The molecule has 3 saturated carbocycles. The molecule has 0 saturated heterocycles. The Morgan fingerprint density at radius 2 is 0.701 bits per heavy atom. The summed E-state index contributed by atoms with van der Waals surface area (Å²) in [6.07, 6.45) is 2.99. The van der Waals surface area contributed by atoms with E-state index in [1.54, 1.807) is 57.2 Å². The number of hydrogen-bond donors (Lipinski definition) is 3. The molecule has 3 fully saturated rings. The minimum atomic E-state index is -0.973. The van der Waals surface area contributed by atoms with Gasteiger partial charge in [-0.25, -0.2) is 0 Å². The predicted molar refractivity (Wildman–Crippen MR) is 413 cm³/mol. The summed E-state index contributed by atoms with van der Waals surface area (Å²) < 4.78 is 48.4. The lowest BCUT2D eigenvalue weighted by Gasteiger charge is -2.21. The number of ether oxygens (including phenoxy) is 9. The zero-order chi connectivity index (χ0) is 76.5. The molecule has 19 nitrogen and oxygen atoms in total. The van der Waals surface area contributed by atoms with Gasteiger partial charge in [0.05, 0.1) is 68.4 Å². The molecule has 0 spiro atoms. The van der Waals surface area contributed by atoms with E-state index in [1.807, 2.05) is 179 Å². The van der Waals surface area contributed by atoms with E-state index in [4.69, 9.17) is 47.7 Å². The van der Waals surface area contributed by atoms with E-state index < -0.39 is 63.1 Å². The largest absolute Gasteiger partial charge is 0.508 e. The topological polar surface area (TPSA) is 263 Å². The minimum absolute atomic E-state index is 0. The number of phenols is 2. The molecule has 3 radical (unpaired) electrons. The van der Waals surface area contributed by atoms with Gasteiger partial charge in [0.1, 0.15) is 59.8 Å². The Kier molecular flexibility index (Phi) is 32.9. The summed E-state index contributed by atoms with van der Waals surface area (Å²) in [6, 6.07) is 66.4. The SMILES string of the molecule is Brc1ccc(OCc2ccccc2)cc1.C.COC(=O)C(C)Cc1ccc(OCc2ccccc2)cc1.COC(=O)[C@@]1(Cc2ccc(O)cc2)CC1C(=O)O.COC(=O)[C@@]1(Cc2ccc(O)cc2)CC1C(=O)OC(C)(C)C.COC(=O)[C@@]1(Cc2ccc(OCc3ccccc3)cc2)CC1C(=O)OC(C)(C)C.[2HH].[B]. The monoisotopic (exact) mass is 1530 g/mol. The number of carbonyl (C=O) groups excluding carboxylic acids is 6. The van der Waals surface area contributed by atoms with Crippen molar-refractivity contribution < 1.29 is 92.9 Å². The maximum absolute atomic E-state index is 12.5. The van der Waals surface area contributed by atoms with E-state index >= 15 is 0 Å². The van der Waals surface area contributed by atoms with Gasteiger partial charge in [-0.2, -0.15) is 0 Å². The van der Waals surface area contributed by atoms with E-state index in [9.17, 15) is 43.8 Å². The second kappa shape index (κ2) is 40.4. The molecule has 21 heteroatoms. The number of halogens is 1. The molecule has 0 aromatic heterocycles. The highest BCUT2D eigenvalue weighted by molar-refractivity contribution is 9.10. The van der Waals surface area contributed by atoms with Crippen LogP contribution in [-0.2, 0) is 107 Å². The standard InChI is InChI=1S/C24H28O5.C18H20O3.C17H22O5.C13H11BrO.C13H14O5.CH4.B.H2/c1-23(2,3)29-21(25)20-15-24(20,22(26)27-4)14-17-10-12-19(13-11-17)28-16-18-8-6-5-7-9-18;1-14(18(19)20-2)12-15-8-10-17(11-9-15)21-13-16-6-4-3-5-7-16;1-16(2,3)22-14(19)13-10-17(13,15(20)21-4)9-11-5-7-12(18)8-6-11;14-12-6-8-13(9-7-12)15-10-11-4-2-1-3-5-11;1-18-12(17)13(7-10(13)11(15)16)6-8-2-4-9(14)5-3-8;;;/h5-13,20H,14-16H2,1-4H3;3-11,14H,12-13H2,1-2H3;5-8,13,18H,9-10H2,1-4H3;1-9H,10H2;2-5,10,14H,6-7H2,1H3,(H,15,16);1H4;;1H/t20?,24-;;13?,17-;;10?,13-;;;/m0.0.0.../s1/i;;;;;;;1+1. The molecule has 8 aromatic rings. The lowest BCUT2D eigenvalue weighted by atomic mass is 9.93. The van der Waals surface area contributed by atoms with E-state index in [0.717, 1.165) is 55.1 Å². The summed E-state index contributed by atoms with van der Waals surface area (Å²) in [7, 11) is 5.36. The minimum Gasteiger partial charge on any atom is -0.508 e. The van der Waals surface area contributed by atoms with Gasteiger partial charge in [-0.15, -0.1) is 0 Å². The van der Waals surface area contributed by atoms with Crippen LogP contribution in [0.1, 0.15) is 116 Å². The quantitative estimate of drug-likeness (QED) is 0.0288. The Morgan fingerprint density at radius 1 is 0.421 bits per heavy atom. The fourth-order valence-electron chi connectivity index (χ4n) is 11.8. The van der Waals surface area contributed by atoms with Gasteiger partial charge >= 0.3 is 41.8 Å². The highest BCUT2D eigenvalue weighted by atomic mass is 79.9. The first kappa shape index (κ1) is 87.2. The molecule has 3 aliphatic rings. The molecule has 8 aromatic carbocycles. The molecule has 4 unspecified atom stereocenters. The van der Waals surface area contributed by atoms with E-state index in [-0.39, 0.29) is 58.6 Å². The van der Waals surface area contributed by atoms with Gasteiger partial charge < -0.3 is 58.0 Å². The van der Waals surface area contributed by atoms with Gasteiger partial charge in [0, 0.05) is 14.3 Å². The second-order valence-corrected chi connectivity index (χ2v) is 29.1. The van der Waals surface area contributed by atoms with E-state index in [2.05, 4.69) is 28.1 Å². The second-order valence-electron chi connectivity index (χ2n) is 28.2. The van der Waals surface area contributed by atoms with Gasteiger partial charge in [-0.05, 0) is 198 Å². The molecule has 0 bridgehead atoms. The molecule has 0 amide bonds. The fourth-order valence-corrected chi connectivity index (χ4v) is 12.1. The van der Waals surface area contributed by atoms with Crippen LogP contribution in [0.5, 0.6) is 28.7 Å². The third-order valence-corrected chi connectivity index (χ3v) is 18.2. The van der Waals surface area contributed by atoms with E-state index in [1.165, 1.54) is 46.1 Å². The Morgan fingerprint density at radius 3 is 0.981 bits per heavy atom. The first-order chi connectivity index (χ1) is 49.9. The Hall–Kier alpha value is -10.4. The number of methoxy groups -OCH3 is 4. The average molecular weight is 1530 g/mol. The summed E-state index contributed by atoms with van der Waals surface area (Å²) >= 11 is 3.39. The number of carboxylic acids is 1. The zero-order valence-electron chi connectivity index (χ0n) is 61.9. The molecule has 0 aliphatic heterocycles. The van der Waals surface area contributed by atoms with Gasteiger partial charge in [0.2, 0.25) is 0 Å². The molecule has 11 rings (SSSR count). The van der Waals surface area contributed by atoms with Crippen LogP contribution in [0.3, 0.4) is 0 Å². The maximum atomic E-state index is 12.5. The van der Waals surface area contributed by atoms with Crippen LogP contribution >= 0.6 is 15.9 Å². The van der Waals surface area contributed by atoms with Crippen molar-refractivity contribution >= 4 is 66.1 Å². The smallest absolute Gasteiger partial charge is 0.313 e. The highest BCUT2D eigenvalue weighted by Crippen LogP contribution is 2.58. The molecule has 107 heavy (non-hydrogen) atoms. The van der Waals surface area contributed by atoms with Gasteiger partial charge in [-0.3, -0.25) is 33.6 Å². The van der Waals surface area contributed by atoms with Crippen LogP contribution in [0, 0.1) is 39.9 Å². The number of aromatic hydroxyl groups is 2. The molecular weight excluding hydrogens is 1430 g/mol. The van der Waals surface area contributed by atoms with Crippen molar-refractivity contribution in [1.82, 2.24) is 0 Å². The number of aliphatic carboxylic acids is 1. The van der Waals surface area contributed by atoms with Gasteiger partial charge in [-0.1, -0.05) is 170 Å². The lowest BCUT2D eigenvalue weighted by Crippen LogP contribution is -2.30. The lowest BCUT2D eigenvalue weighted by molar-refractivity contribution is -0.161. The van der Waals surface area contributed by atoms with Crippen LogP contribution in [0.2, 0.25) is 0 Å². The molecule has 569 valence electrons. The zero-order valence-corrected chi connectivity index (χ0v) is 63.5. The van der Waals surface area contributed by atoms with Crippen molar-refractivity contribution in [3.8, 4) is 28.7 Å². The number of rotatable bonds is 24. The van der Waals surface area contributed by atoms with Crippen molar-refractivity contribution in [1.29, 1.82) is 0 Å². The van der Waals surface area contributed by atoms with Crippen LogP contribution in [0.25, 0.3) is 0 Å². The summed E-state index contributed by atoms with van der Waals surface area (Å²) in [4.78, 5) is 83.5. The summed E-state index contributed by atoms with van der Waals surface area (Å²) in [6.45, 7) is 14.4. The molecular formula is C86H101BBrO19. The van der Waals surface area contributed by atoms with Crippen LogP contribution < -0.4 is 14.2 Å². The van der Waals surface area contributed by atoms with Gasteiger partial charge in [0.15, 0.2) is 0 Å². The first-order valence-electron chi connectivity index (χ1n) is 34.4. The van der Waals surface area contributed by atoms with Crippen molar-refractivity contribution in [2.24, 2.45) is 39.9 Å². The number of phenolic OH excluding ortho intramolecular Hbond substituents is 2. The number of carboxylic acid groups (broad SMARTS) is 1. The number of esters is 6. The predicted octanol–water partition coefficient (Wildman–Crippen LogP) is 16.1. The maximum Gasteiger partial charge on any atom is 0.313 e. The third-order valence-electron chi connectivity index (χ3n) is 17.7.